The Morgan fingerprint density at radius 1 is 1.32 bits per heavy atom. The van der Waals surface area contributed by atoms with Gasteiger partial charge >= 0.3 is 5.69 Å². The molecule has 2 heterocycles. The Kier molecular flexibility index (Phi) is 6.71. The van der Waals surface area contributed by atoms with E-state index in [1.807, 2.05) is 0 Å². The number of para-hydroxylation sites is 1. The summed E-state index contributed by atoms with van der Waals surface area (Å²) in [6.07, 6.45) is -1.01. The van der Waals surface area contributed by atoms with Crippen LogP contribution in [0.15, 0.2) is 47.9 Å². The van der Waals surface area contributed by atoms with E-state index in [-0.39, 0.29) is 28.3 Å². The maximum Gasteiger partial charge on any atom is 0.353 e. The molecule has 1 fully saturated rings. The number of benzene rings is 1. The zero-order valence-corrected chi connectivity index (χ0v) is 16.1. The molecule has 3 rings (SSSR count). The molecule has 10 heteroatoms. The van der Waals surface area contributed by atoms with Crippen LogP contribution in [-0.2, 0) is 9.47 Å². The van der Waals surface area contributed by atoms with Crippen LogP contribution < -0.4 is 10.4 Å². The average molecular weight is 429 g/mol. The van der Waals surface area contributed by atoms with Gasteiger partial charge < -0.3 is 24.4 Å². The van der Waals surface area contributed by atoms with Gasteiger partial charge in [0.15, 0.2) is 12.0 Å². The minimum Gasteiger partial charge on any atom is -0.436 e. The summed E-state index contributed by atoms with van der Waals surface area (Å²) in [6, 6.07) is 6.27. The van der Waals surface area contributed by atoms with Crippen LogP contribution in [0.5, 0.6) is 11.6 Å². The van der Waals surface area contributed by atoms with Gasteiger partial charge in [-0.05, 0) is 12.1 Å². The van der Waals surface area contributed by atoms with Crippen LogP contribution in [0.3, 0.4) is 0 Å². The van der Waals surface area contributed by atoms with E-state index in [1.165, 1.54) is 18.3 Å². The van der Waals surface area contributed by atoms with Gasteiger partial charge in [0.25, 0.3) is 0 Å². The van der Waals surface area contributed by atoms with E-state index in [1.54, 1.807) is 18.2 Å². The van der Waals surface area contributed by atoms with Gasteiger partial charge in [-0.1, -0.05) is 35.3 Å². The van der Waals surface area contributed by atoms with Crippen LogP contribution in [0.1, 0.15) is 6.23 Å². The predicted octanol–water partition coefficient (Wildman–Crippen LogP) is 2.16. The third-order valence-electron chi connectivity index (χ3n) is 4.10. The Balaban J connectivity index is 1.87. The molecule has 1 aromatic carbocycles. The van der Waals surface area contributed by atoms with Gasteiger partial charge in [0.1, 0.15) is 18.3 Å². The number of halogens is 2. The molecule has 2 aromatic rings. The van der Waals surface area contributed by atoms with Gasteiger partial charge in [0.05, 0.1) is 23.3 Å². The molecule has 0 spiro atoms. The average Bonchev–Trinajstić information content (AvgIpc) is 2.98. The second-order valence-electron chi connectivity index (χ2n) is 5.93. The summed E-state index contributed by atoms with van der Waals surface area (Å²) in [5.41, 5.74) is -0.705. The molecule has 1 aliphatic rings. The first-order chi connectivity index (χ1) is 13.5. The summed E-state index contributed by atoms with van der Waals surface area (Å²) < 4.78 is 17.8. The lowest BCUT2D eigenvalue weighted by atomic mass is 10.1. The lowest BCUT2D eigenvalue weighted by Crippen LogP contribution is -2.38. The fraction of sp³-hybridized carbons (Fsp3) is 0.333. The molecular weight excluding hydrogens is 411 g/mol. The molecule has 4 atom stereocenters. The Bertz CT molecular complexity index is 886. The van der Waals surface area contributed by atoms with Crippen LogP contribution in [0, 0.1) is 0 Å². The number of hydrogen-bond donors (Lipinski definition) is 2. The molecule has 0 unspecified atom stereocenters. The van der Waals surface area contributed by atoms with Crippen LogP contribution in [0.25, 0.3) is 0 Å². The second kappa shape index (κ2) is 9.04. The fourth-order valence-electron chi connectivity index (χ4n) is 2.78. The standard InChI is InChI=1S/C18H18Cl2N2O6/c1-2-8-26-16-14(24)12(9-23)27-17(16)22-7-6-13(21-18(22)25)28-15-10(19)4-3-5-11(15)20/h2-7,12,14,16-17,23-24H,1,8-9H2/t12-,14-,16-,17-/m1/s1. The maximum atomic E-state index is 12.5. The molecule has 0 bridgehead atoms. The number of hydrogen-bond acceptors (Lipinski definition) is 7. The normalized spacial score (nSPS) is 24.3. The molecule has 150 valence electrons. The zero-order valence-electron chi connectivity index (χ0n) is 14.6. The van der Waals surface area contributed by atoms with Crippen molar-refractivity contribution in [2.75, 3.05) is 13.2 Å². The van der Waals surface area contributed by atoms with Crippen molar-refractivity contribution in [3.05, 3.63) is 63.6 Å². The monoisotopic (exact) mass is 428 g/mol. The summed E-state index contributed by atoms with van der Waals surface area (Å²) in [5, 5.41) is 20.2. The van der Waals surface area contributed by atoms with Crippen LogP contribution in [0.4, 0.5) is 0 Å². The molecule has 28 heavy (non-hydrogen) atoms. The third-order valence-corrected chi connectivity index (χ3v) is 4.70. The minimum atomic E-state index is -1.13. The zero-order chi connectivity index (χ0) is 20.3. The van der Waals surface area contributed by atoms with Crippen molar-refractivity contribution in [3.63, 3.8) is 0 Å². The largest absolute Gasteiger partial charge is 0.436 e. The van der Waals surface area contributed by atoms with E-state index in [2.05, 4.69) is 11.6 Å². The van der Waals surface area contributed by atoms with E-state index < -0.39 is 36.8 Å². The van der Waals surface area contributed by atoms with E-state index in [0.717, 1.165) is 4.57 Å². The molecule has 8 nitrogen and oxygen atoms in total. The molecule has 0 radical (unpaired) electrons. The van der Waals surface area contributed by atoms with E-state index in [4.69, 9.17) is 37.4 Å². The first kappa shape index (κ1) is 20.8. The molecule has 1 aliphatic heterocycles. The molecular formula is C18H18Cl2N2O6. The quantitative estimate of drug-likeness (QED) is 0.651. The number of nitrogens with zero attached hydrogens (tertiary/aromatic N) is 2. The highest BCUT2D eigenvalue weighted by molar-refractivity contribution is 6.37. The Labute approximate surface area is 170 Å². The van der Waals surface area contributed by atoms with Gasteiger partial charge in [-0.15, -0.1) is 6.58 Å². The highest BCUT2D eigenvalue weighted by Gasteiger charge is 2.45. The fourth-order valence-corrected chi connectivity index (χ4v) is 3.26. The smallest absolute Gasteiger partial charge is 0.353 e. The molecule has 0 saturated carbocycles. The lowest BCUT2D eigenvalue weighted by molar-refractivity contribution is -0.0686. The number of ether oxygens (including phenoxy) is 3. The predicted molar refractivity (Wildman–Crippen MR) is 102 cm³/mol. The first-order valence-corrected chi connectivity index (χ1v) is 9.09. The van der Waals surface area contributed by atoms with E-state index >= 15 is 0 Å². The van der Waals surface area contributed by atoms with Crippen molar-refractivity contribution in [1.82, 2.24) is 9.55 Å². The van der Waals surface area contributed by atoms with Crippen molar-refractivity contribution < 1.29 is 24.4 Å². The van der Waals surface area contributed by atoms with Crippen LogP contribution in [0.2, 0.25) is 10.0 Å². The molecule has 1 aromatic heterocycles. The SMILES string of the molecule is C=CCO[C@@H]1[C@H](O)[C@@H](CO)O[C@H]1n1ccc(Oc2c(Cl)cccc2Cl)nc1=O. The highest BCUT2D eigenvalue weighted by Crippen LogP contribution is 2.35. The number of aliphatic hydroxyl groups excluding tert-OH is 2. The summed E-state index contributed by atoms with van der Waals surface area (Å²) in [7, 11) is 0. The summed E-state index contributed by atoms with van der Waals surface area (Å²) in [4.78, 5) is 16.4. The first-order valence-electron chi connectivity index (χ1n) is 8.34. The topological polar surface area (TPSA) is 103 Å². The maximum absolute atomic E-state index is 12.5. The number of aliphatic hydroxyl groups is 2. The highest BCUT2D eigenvalue weighted by atomic mass is 35.5. The summed E-state index contributed by atoms with van der Waals surface area (Å²) in [6.45, 7) is 3.25. The van der Waals surface area contributed by atoms with Crippen LogP contribution >= 0.6 is 23.2 Å². The summed E-state index contributed by atoms with van der Waals surface area (Å²) >= 11 is 12.1. The van der Waals surface area contributed by atoms with Crippen molar-refractivity contribution in [2.24, 2.45) is 0 Å². The van der Waals surface area contributed by atoms with Gasteiger partial charge in [-0.2, -0.15) is 4.98 Å². The minimum absolute atomic E-state index is 0.0166. The Morgan fingerprint density at radius 2 is 2.04 bits per heavy atom. The lowest BCUT2D eigenvalue weighted by Gasteiger charge is -2.21. The molecule has 0 aliphatic carbocycles. The Morgan fingerprint density at radius 3 is 2.64 bits per heavy atom. The molecule has 1 saturated heterocycles. The second-order valence-corrected chi connectivity index (χ2v) is 6.75. The van der Waals surface area contributed by atoms with Crippen LogP contribution in [-0.4, -0.2) is 51.3 Å². The third kappa shape index (κ3) is 4.22. The van der Waals surface area contributed by atoms with Gasteiger partial charge in [0.2, 0.25) is 5.88 Å². The Hall–Kier alpha value is -1.94. The van der Waals surface area contributed by atoms with Crippen molar-refractivity contribution in [1.29, 1.82) is 0 Å². The van der Waals surface area contributed by atoms with Gasteiger partial charge in [-0.3, -0.25) is 4.57 Å². The van der Waals surface area contributed by atoms with E-state index in [0.29, 0.717) is 0 Å². The molecule has 0 amide bonds. The van der Waals surface area contributed by atoms with E-state index in [9.17, 15) is 15.0 Å². The van der Waals surface area contributed by atoms with Gasteiger partial charge in [-0.25, -0.2) is 4.79 Å². The molecule has 2 N–H and O–H groups in total. The summed E-state index contributed by atoms with van der Waals surface area (Å²) in [5.74, 6) is 0.160. The number of aromatic nitrogens is 2. The van der Waals surface area contributed by atoms with Crippen molar-refractivity contribution >= 4 is 23.2 Å². The van der Waals surface area contributed by atoms with Gasteiger partial charge in [0, 0.05) is 12.3 Å². The number of rotatable bonds is 7. The van der Waals surface area contributed by atoms with Crippen molar-refractivity contribution in [2.45, 2.75) is 24.5 Å². The van der Waals surface area contributed by atoms with Crippen molar-refractivity contribution in [3.8, 4) is 11.6 Å².